The maximum atomic E-state index is 13.1. The fraction of sp³-hybridized carbons (Fsp3) is 0.556. The van der Waals surface area contributed by atoms with E-state index in [1.165, 1.54) is 4.52 Å². The van der Waals surface area contributed by atoms with Crippen molar-refractivity contribution in [3.05, 3.63) is 33.4 Å². The third-order valence-electron chi connectivity index (χ3n) is 4.71. The molecule has 0 N–H and O–H groups in total. The molecule has 0 radical (unpaired) electrons. The first-order valence-corrected chi connectivity index (χ1v) is 9.02. The predicted molar refractivity (Wildman–Crippen MR) is 96.7 cm³/mol. The molecule has 1 atom stereocenters. The molecule has 0 spiro atoms. The van der Waals surface area contributed by atoms with E-state index < -0.39 is 5.97 Å². The molecule has 1 aliphatic heterocycles. The number of esters is 1. The van der Waals surface area contributed by atoms with Crippen LogP contribution in [0.15, 0.2) is 10.9 Å². The monoisotopic (exact) mass is 376 g/mol. The van der Waals surface area contributed by atoms with Gasteiger partial charge in [-0.15, -0.1) is 0 Å². The van der Waals surface area contributed by atoms with E-state index in [1.807, 2.05) is 13.8 Å². The largest absolute Gasteiger partial charge is 0.465 e. The average molecular weight is 376 g/mol. The van der Waals surface area contributed by atoms with Gasteiger partial charge in [-0.25, -0.2) is 0 Å². The summed E-state index contributed by atoms with van der Waals surface area (Å²) in [5.41, 5.74) is 1.36. The molecule has 0 unspecified atom stereocenters. The van der Waals surface area contributed by atoms with Gasteiger partial charge in [-0.2, -0.15) is 9.61 Å². The Morgan fingerprint density at radius 3 is 2.70 bits per heavy atom. The molecule has 0 saturated heterocycles. The van der Waals surface area contributed by atoms with Crippen LogP contribution in [0.3, 0.4) is 0 Å². The summed E-state index contributed by atoms with van der Waals surface area (Å²) >= 11 is 0. The number of rotatable bonds is 7. The molecule has 1 amide bonds. The minimum atomic E-state index is -0.472. The lowest BCUT2D eigenvalue weighted by atomic mass is 10.2. The van der Waals surface area contributed by atoms with E-state index in [1.54, 1.807) is 29.6 Å². The number of carbonyl (C=O) groups is 2. The number of amides is 1. The van der Waals surface area contributed by atoms with Gasteiger partial charge in [-0.1, -0.05) is 6.92 Å². The number of aromatic nitrogens is 3. The van der Waals surface area contributed by atoms with Gasteiger partial charge in [0.1, 0.15) is 17.9 Å². The zero-order chi connectivity index (χ0) is 19.7. The molecule has 3 heterocycles. The number of methoxy groups -OCH3 is 1. The van der Waals surface area contributed by atoms with Crippen molar-refractivity contribution < 1.29 is 19.1 Å². The summed E-state index contributed by atoms with van der Waals surface area (Å²) in [7, 11) is 1.56. The van der Waals surface area contributed by atoms with Crippen LogP contribution < -0.4 is 5.56 Å². The van der Waals surface area contributed by atoms with Gasteiger partial charge >= 0.3 is 5.97 Å². The van der Waals surface area contributed by atoms with Crippen molar-refractivity contribution in [1.82, 2.24) is 19.1 Å². The molecule has 9 heteroatoms. The Bertz CT molecular complexity index is 945. The normalized spacial score (nSPS) is 14.7. The maximum absolute atomic E-state index is 13.1. The molecule has 146 valence electrons. The number of fused-ring (bicyclic) bond motifs is 2. The summed E-state index contributed by atoms with van der Waals surface area (Å²) in [6.45, 7) is 6.09. The number of hydrogen-bond acceptors (Lipinski definition) is 6. The molecule has 0 saturated carbocycles. The van der Waals surface area contributed by atoms with Gasteiger partial charge in [-0.05, 0) is 20.3 Å². The van der Waals surface area contributed by atoms with Crippen molar-refractivity contribution >= 4 is 17.5 Å². The highest BCUT2D eigenvalue weighted by Crippen LogP contribution is 2.24. The fourth-order valence-electron chi connectivity index (χ4n) is 3.39. The number of hydrogen-bond donors (Lipinski definition) is 0. The van der Waals surface area contributed by atoms with Gasteiger partial charge in [0, 0.05) is 13.2 Å². The van der Waals surface area contributed by atoms with Crippen molar-refractivity contribution in [2.45, 2.75) is 46.3 Å². The Labute approximate surface area is 156 Å². The summed E-state index contributed by atoms with van der Waals surface area (Å²) in [5, 5.41) is 4.33. The number of nitrogens with zero attached hydrogens (tertiary/aromatic N) is 4. The first-order valence-electron chi connectivity index (χ1n) is 9.02. The van der Waals surface area contributed by atoms with E-state index in [0.29, 0.717) is 29.9 Å². The first kappa shape index (κ1) is 19.1. The second-order valence-corrected chi connectivity index (χ2v) is 6.52. The summed E-state index contributed by atoms with van der Waals surface area (Å²) < 4.78 is 13.0. The number of aryl methyl sites for hydroxylation is 1. The van der Waals surface area contributed by atoms with Crippen molar-refractivity contribution in [1.29, 1.82) is 0 Å². The molecule has 27 heavy (non-hydrogen) atoms. The zero-order valence-electron chi connectivity index (χ0n) is 16.0. The molecule has 0 aliphatic carbocycles. The molecule has 0 aromatic carbocycles. The number of carbonyl (C=O) groups excluding carboxylic acids is 2. The average Bonchev–Trinajstić information content (AvgIpc) is 3.21. The van der Waals surface area contributed by atoms with Crippen LogP contribution in [0, 0.1) is 0 Å². The molecule has 2 aromatic rings. The third kappa shape index (κ3) is 3.23. The van der Waals surface area contributed by atoms with Gasteiger partial charge in [0.05, 0.1) is 37.1 Å². The van der Waals surface area contributed by atoms with Crippen LogP contribution >= 0.6 is 0 Å². The molecule has 3 rings (SSSR count). The second-order valence-electron chi connectivity index (χ2n) is 6.52. The molecule has 9 nitrogen and oxygen atoms in total. The minimum Gasteiger partial charge on any atom is -0.465 e. The lowest BCUT2D eigenvalue weighted by Gasteiger charge is -2.23. The van der Waals surface area contributed by atoms with Gasteiger partial charge in [0.15, 0.2) is 0 Å². The van der Waals surface area contributed by atoms with Crippen molar-refractivity contribution in [2.24, 2.45) is 0 Å². The van der Waals surface area contributed by atoms with Crippen LogP contribution in [0.2, 0.25) is 0 Å². The highest BCUT2D eigenvalue weighted by atomic mass is 16.5. The van der Waals surface area contributed by atoms with Crippen LogP contribution in [-0.2, 0) is 33.8 Å². The summed E-state index contributed by atoms with van der Waals surface area (Å²) in [6.07, 6.45) is 0.635. The van der Waals surface area contributed by atoms with Gasteiger partial charge in [-0.3, -0.25) is 14.4 Å². The summed E-state index contributed by atoms with van der Waals surface area (Å²) in [4.78, 5) is 39.7. The molecule has 0 fully saturated rings. The van der Waals surface area contributed by atoms with Gasteiger partial charge < -0.3 is 18.9 Å². The molecular formula is C18H24N4O5. The lowest BCUT2D eigenvalue weighted by Crippen LogP contribution is -2.37. The molecule has 1 aliphatic rings. The Morgan fingerprint density at radius 1 is 1.33 bits per heavy atom. The molecular weight excluding hydrogens is 352 g/mol. The number of ether oxygens (including phenoxy) is 2. The molecule has 0 bridgehead atoms. The van der Waals surface area contributed by atoms with Crippen LogP contribution in [0.1, 0.15) is 42.5 Å². The van der Waals surface area contributed by atoms with E-state index >= 15 is 0 Å². The Kier molecular flexibility index (Phi) is 5.31. The van der Waals surface area contributed by atoms with Crippen molar-refractivity contribution in [2.75, 3.05) is 20.3 Å². The van der Waals surface area contributed by atoms with Crippen LogP contribution in [-0.4, -0.2) is 57.3 Å². The lowest BCUT2D eigenvalue weighted by molar-refractivity contribution is -0.143. The summed E-state index contributed by atoms with van der Waals surface area (Å²) in [5.74, 6) is -0.765. The van der Waals surface area contributed by atoms with E-state index in [0.717, 1.165) is 0 Å². The van der Waals surface area contributed by atoms with Crippen LogP contribution in [0.4, 0.5) is 0 Å². The maximum Gasteiger partial charge on any atom is 0.326 e. The Hall–Kier alpha value is -2.68. The van der Waals surface area contributed by atoms with E-state index in [2.05, 4.69) is 5.10 Å². The van der Waals surface area contributed by atoms with Crippen molar-refractivity contribution in [3.8, 4) is 0 Å². The smallest absolute Gasteiger partial charge is 0.326 e. The minimum absolute atomic E-state index is 0.160. The summed E-state index contributed by atoms with van der Waals surface area (Å²) in [6, 6.07) is 1.53. The predicted octanol–water partition coefficient (Wildman–Crippen LogP) is 0.612. The van der Waals surface area contributed by atoms with E-state index in [9.17, 15) is 14.4 Å². The highest BCUT2D eigenvalue weighted by molar-refractivity contribution is 5.97. The standard InChI is InChI=1S/C18H24N4O5/c1-5-12-7-14-21(9-15(23)27-6-2)16-13(17(24)22(14)19-12)8-20(18(16)25)11(3)10-26-4/h7,11H,5-6,8-10H2,1-4H3/t11-/m0/s1. The molecule has 2 aromatic heterocycles. The second kappa shape index (κ2) is 7.51. The van der Waals surface area contributed by atoms with Gasteiger partial charge in [0.2, 0.25) is 0 Å². The Balaban J connectivity index is 2.18. The topological polar surface area (TPSA) is 95.1 Å². The quantitative estimate of drug-likeness (QED) is 0.657. The van der Waals surface area contributed by atoms with Crippen LogP contribution in [0.25, 0.3) is 5.65 Å². The SMILES string of the molecule is CCOC(=O)Cn1c2c(c(=O)n3nc(CC)cc13)CN([C@@H](C)COC)C2=O. The van der Waals surface area contributed by atoms with Gasteiger partial charge in [0.25, 0.3) is 11.5 Å². The van der Waals surface area contributed by atoms with Crippen molar-refractivity contribution in [3.63, 3.8) is 0 Å². The highest BCUT2D eigenvalue weighted by Gasteiger charge is 2.37. The third-order valence-corrected chi connectivity index (χ3v) is 4.71. The van der Waals surface area contributed by atoms with Crippen LogP contribution in [0.5, 0.6) is 0 Å². The van der Waals surface area contributed by atoms with E-state index in [4.69, 9.17) is 9.47 Å². The van der Waals surface area contributed by atoms with E-state index in [-0.39, 0.29) is 42.9 Å². The first-order chi connectivity index (χ1) is 12.9. The fourth-order valence-corrected chi connectivity index (χ4v) is 3.39. The zero-order valence-corrected chi connectivity index (χ0v) is 16.0. The Morgan fingerprint density at radius 2 is 2.07 bits per heavy atom.